The van der Waals surface area contributed by atoms with Crippen LogP contribution in [0, 0.1) is 5.92 Å². The molecule has 66 valence electrons. The highest BCUT2D eigenvalue weighted by molar-refractivity contribution is 8.05. The first kappa shape index (κ1) is 8.24. The molecule has 0 saturated heterocycles. The van der Waals surface area contributed by atoms with E-state index >= 15 is 0 Å². The Hall–Kier alpha value is -0.370. The molecule has 1 aliphatic carbocycles. The Kier molecular flexibility index (Phi) is 2.45. The fourth-order valence-electron chi connectivity index (χ4n) is 2.02. The molecule has 0 radical (unpaired) electrons. The second-order valence-electron chi connectivity index (χ2n) is 3.54. The van der Waals surface area contributed by atoms with E-state index in [0.29, 0.717) is 0 Å². The SMILES string of the molecule is CC1=C(C2CCCC2)SC=CN1. The van der Waals surface area contributed by atoms with Gasteiger partial charge in [0.1, 0.15) is 0 Å². The zero-order chi connectivity index (χ0) is 8.39. The zero-order valence-corrected chi connectivity index (χ0v) is 8.29. The molecule has 0 aromatic carbocycles. The Morgan fingerprint density at radius 3 is 2.83 bits per heavy atom. The van der Waals surface area contributed by atoms with Gasteiger partial charge in [-0.1, -0.05) is 24.6 Å². The molecule has 1 aliphatic heterocycles. The van der Waals surface area contributed by atoms with E-state index in [1.807, 2.05) is 18.0 Å². The van der Waals surface area contributed by atoms with Crippen LogP contribution in [0.25, 0.3) is 0 Å². The van der Waals surface area contributed by atoms with E-state index in [2.05, 4.69) is 17.6 Å². The summed E-state index contributed by atoms with van der Waals surface area (Å²) in [6.45, 7) is 2.18. The van der Waals surface area contributed by atoms with Crippen molar-refractivity contribution in [2.45, 2.75) is 32.6 Å². The van der Waals surface area contributed by atoms with Gasteiger partial charge in [0.2, 0.25) is 0 Å². The minimum atomic E-state index is 0.854. The molecule has 0 unspecified atom stereocenters. The van der Waals surface area contributed by atoms with Gasteiger partial charge in [-0.2, -0.15) is 0 Å². The molecule has 1 heterocycles. The maximum absolute atomic E-state index is 3.29. The number of rotatable bonds is 1. The third-order valence-corrected chi connectivity index (χ3v) is 3.82. The summed E-state index contributed by atoms with van der Waals surface area (Å²) >= 11 is 1.91. The van der Waals surface area contributed by atoms with Gasteiger partial charge in [0, 0.05) is 16.8 Å². The van der Waals surface area contributed by atoms with E-state index in [1.54, 1.807) is 4.91 Å². The fourth-order valence-corrected chi connectivity index (χ4v) is 2.96. The molecule has 2 aliphatic rings. The first-order valence-electron chi connectivity index (χ1n) is 4.67. The second kappa shape index (κ2) is 3.56. The summed E-state index contributed by atoms with van der Waals surface area (Å²) in [6.07, 6.45) is 7.67. The van der Waals surface area contributed by atoms with Crippen LogP contribution in [0.3, 0.4) is 0 Å². The van der Waals surface area contributed by atoms with Crippen LogP contribution in [-0.4, -0.2) is 0 Å². The molecule has 0 amide bonds. The normalized spacial score (nSPS) is 24.8. The van der Waals surface area contributed by atoms with Crippen molar-refractivity contribution >= 4 is 11.8 Å². The van der Waals surface area contributed by atoms with Crippen molar-refractivity contribution in [3.63, 3.8) is 0 Å². The van der Waals surface area contributed by atoms with E-state index < -0.39 is 0 Å². The molecule has 1 fully saturated rings. The lowest BCUT2D eigenvalue weighted by molar-refractivity contribution is 0.663. The lowest BCUT2D eigenvalue weighted by atomic mass is 10.1. The zero-order valence-electron chi connectivity index (χ0n) is 7.47. The van der Waals surface area contributed by atoms with Gasteiger partial charge in [-0.3, -0.25) is 0 Å². The highest BCUT2D eigenvalue weighted by atomic mass is 32.2. The molecule has 1 saturated carbocycles. The van der Waals surface area contributed by atoms with Crippen LogP contribution in [-0.2, 0) is 0 Å². The van der Waals surface area contributed by atoms with Crippen molar-refractivity contribution in [2.75, 3.05) is 0 Å². The van der Waals surface area contributed by atoms with Gasteiger partial charge >= 0.3 is 0 Å². The highest BCUT2D eigenvalue weighted by Gasteiger charge is 2.21. The molecule has 2 heteroatoms. The Balaban J connectivity index is 2.09. The minimum absolute atomic E-state index is 0.854. The van der Waals surface area contributed by atoms with E-state index in [0.717, 1.165) is 5.92 Å². The van der Waals surface area contributed by atoms with E-state index in [9.17, 15) is 0 Å². The van der Waals surface area contributed by atoms with Crippen molar-refractivity contribution in [2.24, 2.45) is 5.92 Å². The van der Waals surface area contributed by atoms with Crippen LogP contribution in [0.15, 0.2) is 22.2 Å². The topological polar surface area (TPSA) is 12.0 Å². The number of hydrogen-bond acceptors (Lipinski definition) is 2. The molecule has 0 aromatic rings. The van der Waals surface area contributed by atoms with Crippen LogP contribution < -0.4 is 5.32 Å². The number of hydrogen-bond donors (Lipinski definition) is 1. The van der Waals surface area contributed by atoms with E-state index in [4.69, 9.17) is 0 Å². The smallest absolute Gasteiger partial charge is 0.0218 e. The molecule has 0 atom stereocenters. The van der Waals surface area contributed by atoms with E-state index in [-0.39, 0.29) is 0 Å². The largest absolute Gasteiger partial charge is 0.364 e. The average molecular weight is 181 g/mol. The summed E-state index contributed by atoms with van der Waals surface area (Å²) in [5.74, 6) is 0.854. The van der Waals surface area contributed by atoms with Gasteiger partial charge in [0.05, 0.1) is 0 Å². The molecule has 0 spiro atoms. The lowest BCUT2D eigenvalue weighted by Crippen LogP contribution is -2.10. The lowest BCUT2D eigenvalue weighted by Gasteiger charge is -2.19. The molecular formula is C10H15NS. The molecule has 1 nitrogen and oxygen atoms in total. The standard InChI is InChI=1S/C10H15NS/c1-8-10(12-7-6-11-8)9-4-2-3-5-9/h6-7,9,11H,2-5H2,1H3. The summed E-state index contributed by atoms with van der Waals surface area (Å²) < 4.78 is 0. The van der Waals surface area contributed by atoms with Crippen LogP contribution in [0.4, 0.5) is 0 Å². The Labute approximate surface area is 78.3 Å². The van der Waals surface area contributed by atoms with Crippen molar-refractivity contribution in [1.82, 2.24) is 5.32 Å². The van der Waals surface area contributed by atoms with Gasteiger partial charge < -0.3 is 5.32 Å². The summed E-state index contributed by atoms with van der Waals surface area (Å²) in [6, 6.07) is 0. The first-order chi connectivity index (χ1) is 5.88. The van der Waals surface area contributed by atoms with Crippen molar-refractivity contribution in [3.05, 3.63) is 22.2 Å². The Bertz CT molecular complexity index is 224. The third-order valence-electron chi connectivity index (χ3n) is 2.66. The quantitative estimate of drug-likeness (QED) is 0.666. The average Bonchev–Trinajstić information content (AvgIpc) is 2.57. The molecule has 0 bridgehead atoms. The predicted molar refractivity (Wildman–Crippen MR) is 54.5 cm³/mol. The van der Waals surface area contributed by atoms with Crippen LogP contribution >= 0.6 is 11.8 Å². The summed E-state index contributed by atoms with van der Waals surface area (Å²) in [5.41, 5.74) is 1.37. The second-order valence-corrected chi connectivity index (χ2v) is 4.48. The maximum atomic E-state index is 3.29. The van der Waals surface area contributed by atoms with Gasteiger partial charge in [0.15, 0.2) is 0 Å². The van der Waals surface area contributed by atoms with Gasteiger partial charge in [0.25, 0.3) is 0 Å². The molecular weight excluding hydrogens is 166 g/mol. The minimum Gasteiger partial charge on any atom is -0.364 e. The van der Waals surface area contributed by atoms with Crippen LogP contribution in [0.1, 0.15) is 32.6 Å². The predicted octanol–water partition coefficient (Wildman–Crippen LogP) is 3.22. The Morgan fingerprint density at radius 2 is 2.17 bits per heavy atom. The van der Waals surface area contributed by atoms with Crippen molar-refractivity contribution in [1.29, 1.82) is 0 Å². The monoisotopic (exact) mass is 181 g/mol. The summed E-state index contributed by atoms with van der Waals surface area (Å²) in [4.78, 5) is 1.58. The van der Waals surface area contributed by atoms with Crippen LogP contribution in [0.5, 0.6) is 0 Å². The Morgan fingerprint density at radius 1 is 1.42 bits per heavy atom. The molecule has 2 rings (SSSR count). The molecule has 0 aromatic heterocycles. The van der Waals surface area contributed by atoms with Gasteiger partial charge in [-0.15, -0.1) is 0 Å². The third kappa shape index (κ3) is 1.53. The molecule has 1 N–H and O–H groups in total. The van der Waals surface area contributed by atoms with Gasteiger partial charge in [-0.25, -0.2) is 0 Å². The van der Waals surface area contributed by atoms with Crippen LogP contribution in [0.2, 0.25) is 0 Å². The van der Waals surface area contributed by atoms with Crippen molar-refractivity contribution < 1.29 is 0 Å². The van der Waals surface area contributed by atoms with Gasteiger partial charge in [-0.05, 0) is 31.1 Å². The number of allylic oxidation sites excluding steroid dienone is 2. The summed E-state index contributed by atoms with van der Waals surface area (Å²) in [7, 11) is 0. The number of thioether (sulfide) groups is 1. The van der Waals surface area contributed by atoms with Crippen molar-refractivity contribution in [3.8, 4) is 0 Å². The summed E-state index contributed by atoms with van der Waals surface area (Å²) in [5, 5.41) is 5.44. The fraction of sp³-hybridized carbons (Fsp3) is 0.600. The van der Waals surface area contributed by atoms with E-state index in [1.165, 1.54) is 31.4 Å². The molecule has 12 heavy (non-hydrogen) atoms. The number of nitrogens with one attached hydrogen (secondary N) is 1. The first-order valence-corrected chi connectivity index (χ1v) is 5.55. The highest BCUT2D eigenvalue weighted by Crippen LogP contribution is 2.39. The maximum Gasteiger partial charge on any atom is 0.0218 e.